The van der Waals surface area contributed by atoms with Crippen LogP contribution >= 0.6 is 0 Å². The van der Waals surface area contributed by atoms with Crippen molar-refractivity contribution in [3.8, 4) is 6.07 Å². The van der Waals surface area contributed by atoms with Gasteiger partial charge in [-0.1, -0.05) is 12.5 Å². The summed E-state index contributed by atoms with van der Waals surface area (Å²) in [7, 11) is 0. The van der Waals surface area contributed by atoms with Gasteiger partial charge in [-0.2, -0.15) is 23.4 Å². The van der Waals surface area contributed by atoms with E-state index < -0.39 is 11.7 Å². The maximum Gasteiger partial charge on any atom is 0.421 e. The van der Waals surface area contributed by atoms with Crippen LogP contribution in [0.3, 0.4) is 0 Å². The molecule has 31 heavy (non-hydrogen) atoms. The molecule has 0 bridgehead atoms. The van der Waals surface area contributed by atoms with Gasteiger partial charge in [0.2, 0.25) is 5.95 Å². The lowest BCUT2D eigenvalue weighted by Crippen LogP contribution is -2.49. The van der Waals surface area contributed by atoms with Gasteiger partial charge in [0.25, 0.3) is 0 Å². The molecule has 2 aliphatic rings. The van der Waals surface area contributed by atoms with E-state index in [1.54, 1.807) is 24.3 Å². The van der Waals surface area contributed by atoms with E-state index in [0.29, 0.717) is 29.8 Å². The number of alkyl halides is 3. The number of anilines is 3. The lowest BCUT2D eigenvalue weighted by molar-refractivity contribution is -0.137. The summed E-state index contributed by atoms with van der Waals surface area (Å²) in [5, 5.41) is 14.9. The summed E-state index contributed by atoms with van der Waals surface area (Å²) >= 11 is 0. The lowest BCUT2D eigenvalue weighted by atomic mass is 9.83. The van der Waals surface area contributed by atoms with Crippen LogP contribution in [0.5, 0.6) is 0 Å². The molecule has 6 nitrogen and oxygen atoms in total. The monoisotopic (exact) mass is 430 g/mol. The highest BCUT2D eigenvalue weighted by molar-refractivity contribution is 5.58. The van der Waals surface area contributed by atoms with Crippen molar-refractivity contribution in [2.24, 2.45) is 5.92 Å². The van der Waals surface area contributed by atoms with Gasteiger partial charge in [0.1, 0.15) is 11.4 Å². The third-order valence-corrected chi connectivity index (χ3v) is 6.10. The molecule has 9 heteroatoms. The maximum atomic E-state index is 13.6. The number of hydrogen-bond donors (Lipinski definition) is 2. The number of rotatable bonds is 5. The zero-order valence-electron chi connectivity index (χ0n) is 17.1. The molecule has 4 rings (SSSR count). The minimum absolute atomic E-state index is 0.0496. The lowest BCUT2D eigenvalue weighted by Gasteiger charge is -2.44. The number of aromatic nitrogens is 2. The first-order valence-corrected chi connectivity index (χ1v) is 10.6. The summed E-state index contributed by atoms with van der Waals surface area (Å²) in [5.74, 6) is 0.136. The van der Waals surface area contributed by atoms with Crippen LogP contribution in [-0.2, 0) is 6.18 Å². The average Bonchev–Trinajstić information content (AvgIpc) is 2.77. The predicted octanol–water partition coefficient (Wildman–Crippen LogP) is 4.79. The summed E-state index contributed by atoms with van der Waals surface area (Å²) in [5.41, 5.74) is 0.0969. The number of nitrogens with one attached hydrogen (secondary N) is 2. The van der Waals surface area contributed by atoms with Gasteiger partial charge in [0, 0.05) is 24.5 Å². The maximum absolute atomic E-state index is 13.6. The first kappa shape index (κ1) is 21.4. The van der Waals surface area contributed by atoms with Crippen LogP contribution in [0.4, 0.5) is 30.6 Å². The smallest absolute Gasteiger partial charge is 0.369 e. The van der Waals surface area contributed by atoms with Crippen LogP contribution in [0, 0.1) is 17.2 Å². The fraction of sp³-hybridized carbons (Fsp3) is 0.500. The minimum Gasteiger partial charge on any atom is -0.369 e. The van der Waals surface area contributed by atoms with Crippen molar-refractivity contribution in [2.75, 3.05) is 30.3 Å². The Morgan fingerprint density at radius 2 is 2.00 bits per heavy atom. The SMILES string of the molecule is N#Cc1cccc(Nc2ncc(C(F)(F)F)c(NC[C@@H]3CCCN4CCCC[C@H]34)n2)c1. The molecule has 0 radical (unpaired) electrons. The van der Waals surface area contributed by atoms with Gasteiger partial charge in [0.15, 0.2) is 0 Å². The molecule has 1 aromatic carbocycles. The fourth-order valence-electron chi connectivity index (χ4n) is 4.62. The van der Waals surface area contributed by atoms with Crippen LogP contribution in [0.25, 0.3) is 0 Å². The molecule has 2 fully saturated rings. The van der Waals surface area contributed by atoms with Gasteiger partial charge in [-0.15, -0.1) is 0 Å². The number of benzene rings is 1. The highest BCUT2D eigenvalue weighted by atomic mass is 19.4. The van der Waals surface area contributed by atoms with E-state index >= 15 is 0 Å². The second-order valence-corrected chi connectivity index (χ2v) is 8.15. The van der Waals surface area contributed by atoms with Crippen LogP contribution in [-0.4, -0.2) is 40.5 Å². The Labute approximate surface area is 179 Å². The standard InChI is InChI=1S/C22H25F3N6/c23-22(24,25)18-14-28-21(29-17-7-3-5-15(11-17)12-26)30-20(18)27-13-16-6-4-10-31-9-2-1-8-19(16)31/h3,5,7,11,14,16,19H,1-2,4,6,8-10,13H2,(H2,27,28,29,30)/t16-,19+/m0/s1. The predicted molar refractivity (Wildman–Crippen MR) is 112 cm³/mol. The van der Waals surface area contributed by atoms with Crippen molar-refractivity contribution in [2.45, 2.75) is 44.3 Å². The van der Waals surface area contributed by atoms with E-state index in [1.165, 1.54) is 12.8 Å². The molecular formula is C22H25F3N6. The van der Waals surface area contributed by atoms with E-state index in [4.69, 9.17) is 5.26 Å². The molecular weight excluding hydrogens is 405 g/mol. The Balaban J connectivity index is 1.53. The first-order valence-electron chi connectivity index (χ1n) is 10.6. The highest BCUT2D eigenvalue weighted by Gasteiger charge is 2.37. The van der Waals surface area contributed by atoms with E-state index in [-0.39, 0.29) is 11.8 Å². The fourth-order valence-corrected chi connectivity index (χ4v) is 4.62. The number of piperidine rings is 2. The zero-order chi connectivity index (χ0) is 21.8. The van der Waals surface area contributed by atoms with Crippen LogP contribution in [0.15, 0.2) is 30.5 Å². The third-order valence-electron chi connectivity index (χ3n) is 6.10. The van der Waals surface area contributed by atoms with Crippen molar-refractivity contribution in [3.05, 3.63) is 41.6 Å². The summed E-state index contributed by atoms with van der Waals surface area (Å²) < 4.78 is 40.7. The van der Waals surface area contributed by atoms with Crippen molar-refractivity contribution in [1.82, 2.24) is 14.9 Å². The van der Waals surface area contributed by atoms with E-state index in [2.05, 4.69) is 25.5 Å². The Morgan fingerprint density at radius 3 is 2.81 bits per heavy atom. The summed E-state index contributed by atoms with van der Waals surface area (Å²) in [6, 6.07) is 9.08. The van der Waals surface area contributed by atoms with Gasteiger partial charge >= 0.3 is 6.18 Å². The Hall–Kier alpha value is -2.86. The number of nitriles is 1. The molecule has 3 heterocycles. The first-order chi connectivity index (χ1) is 14.9. The second-order valence-electron chi connectivity index (χ2n) is 8.15. The quantitative estimate of drug-likeness (QED) is 0.711. The Bertz CT molecular complexity index is 953. The molecule has 0 saturated carbocycles. The molecule has 0 amide bonds. The molecule has 2 aromatic rings. The molecule has 2 saturated heterocycles. The Morgan fingerprint density at radius 1 is 1.16 bits per heavy atom. The van der Waals surface area contributed by atoms with E-state index in [1.807, 2.05) is 6.07 Å². The number of halogens is 3. The van der Waals surface area contributed by atoms with Gasteiger partial charge in [-0.25, -0.2) is 4.98 Å². The van der Waals surface area contributed by atoms with Gasteiger partial charge in [0.05, 0.1) is 11.6 Å². The van der Waals surface area contributed by atoms with E-state index in [0.717, 1.165) is 38.5 Å². The third kappa shape index (κ3) is 5.07. The summed E-state index contributed by atoms with van der Waals surface area (Å²) in [4.78, 5) is 10.5. The topological polar surface area (TPSA) is 76.9 Å². The van der Waals surface area contributed by atoms with Crippen molar-refractivity contribution in [1.29, 1.82) is 5.26 Å². The Kier molecular flexibility index (Phi) is 6.28. The van der Waals surface area contributed by atoms with Crippen molar-refractivity contribution >= 4 is 17.5 Å². The molecule has 2 N–H and O–H groups in total. The van der Waals surface area contributed by atoms with Crippen molar-refractivity contribution in [3.63, 3.8) is 0 Å². The molecule has 164 valence electrons. The summed E-state index contributed by atoms with van der Waals surface area (Å²) in [6.45, 7) is 2.61. The zero-order valence-corrected chi connectivity index (χ0v) is 17.1. The average molecular weight is 430 g/mol. The van der Waals surface area contributed by atoms with Crippen molar-refractivity contribution < 1.29 is 13.2 Å². The van der Waals surface area contributed by atoms with Crippen LogP contribution in [0.2, 0.25) is 0 Å². The van der Waals surface area contributed by atoms with Gasteiger partial charge in [-0.05, 0) is 62.9 Å². The molecule has 2 atom stereocenters. The molecule has 2 aliphatic heterocycles. The minimum atomic E-state index is -4.55. The van der Waals surface area contributed by atoms with Gasteiger partial charge < -0.3 is 15.5 Å². The largest absolute Gasteiger partial charge is 0.421 e. The number of nitrogens with zero attached hydrogens (tertiary/aromatic N) is 4. The summed E-state index contributed by atoms with van der Waals surface area (Å²) in [6.07, 6.45) is 1.81. The molecule has 0 aliphatic carbocycles. The molecule has 0 spiro atoms. The van der Waals surface area contributed by atoms with Gasteiger partial charge in [-0.3, -0.25) is 0 Å². The number of fused-ring (bicyclic) bond motifs is 1. The molecule has 1 aromatic heterocycles. The second kappa shape index (κ2) is 9.10. The highest BCUT2D eigenvalue weighted by Crippen LogP contribution is 2.35. The number of hydrogen-bond acceptors (Lipinski definition) is 6. The molecule has 0 unspecified atom stereocenters. The van der Waals surface area contributed by atoms with Crippen LogP contribution in [0.1, 0.15) is 43.2 Å². The normalized spacial score (nSPS) is 21.7. The van der Waals surface area contributed by atoms with Crippen LogP contribution < -0.4 is 10.6 Å². The van der Waals surface area contributed by atoms with E-state index in [9.17, 15) is 13.2 Å².